The summed E-state index contributed by atoms with van der Waals surface area (Å²) in [4.78, 5) is 7.43. The fourth-order valence-corrected chi connectivity index (χ4v) is 3.11. The first-order chi connectivity index (χ1) is 10.2. The molecule has 0 saturated heterocycles. The number of benzene rings is 1. The highest BCUT2D eigenvalue weighted by Gasteiger charge is 2.21. The third-order valence-corrected chi connectivity index (χ3v) is 4.38. The number of fused-ring (bicyclic) bond motifs is 2. The number of nitrogens with zero attached hydrogens (tertiary/aromatic N) is 2. The van der Waals surface area contributed by atoms with E-state index in [1.807, 2.05) is 0 Å². The van der Waals surface area contributed by atoms with Crippen LogP contribution in [0.25, 0.3) is 10.9 Å². The van der Waals surface area contributed by atoms with Crippen LogP contribution in [0.15, 0.2) is 24.3 Å². The van der Waals surface area contributed by atoms with Gasteiger partial charge >= 0.3 is 0 Å². The normalized spacial score (nSPS) is 15.6. The van der Waals surface area contributed by atoms with Crippen molar-refractivity contribution in [3.63, 3.8) is 0 Å². The summed E-state index contributed by atoms with van der Waals surface area (Å²) in [5.41, 5.74) is 5.35. The number of nitrogens with one attached hydrogen (secondary N) is 1. The molecule has 1 aromatic carbocycles. The van der Waals surface area contributed by atoms with Gasteiger partial charge in [-0.25, -0.2) is 0 Å². The van der Waals surface area contributed by atoms with E-state index in [9.17, 15) is 0 Å². The van der Waals surface area contributed by atoms with Gasteiger partial charge < -0.3 is 5.32 Å². The van der Waals surface area contributed by atoms with E-state index in [-0.39, 0.29) is 0 Å². The van der Waals surface area contributed by atoms with E-state index in [2.05, 4.69) is 55.3 Å². The lowest BCUT2D eigenvalue weighted by atomic mass is 9.95. The first kappa shape index (κ1) is 14.5. The summed E-state index contributed by atoms with van der Waals surface area (Å²) < 4.78 is 0. The maximum absolute atomic E-state index is 4.92. The third kappa shape index (κ3) is 2.94. The van der Waals surface area contributed by atoms with Gasteiger partial charge in [0.05, 0.1) is 5.52 Å². The van der Waals surface area contributed by atoms with Crippen LogP contribution >= 0.6 is 0 Å². The van der Waals surface area contributed by atoms with Gasteiger partial charge in [-0.05, 0) is 23.7 Å². The van der Waals surface area contributed by atoms with Gasteiger partial charge in [0.15, 0.2) is 0 Å². The summed E-state index contributed by atoms with van der Waals surface area (Å²) in [7, 11) is 0. The Hall–Kier alpha value is -1.45. The van der Waals surface area contributed by atoms with Crippen molar-refractivity contribution in [2.45, 2.75) is 46.3 Å². The van der Waals surface area contributed by atoms with Crippen LogP contribution in [-0.2, 0) is 19.5 Å². The summed E-state index contributed by atoms with van der Waals surface area (Å²) in [6.45, 7) is 10.9. The molecule has 1 aliphatic heterocycles. The second-order valence-corrected chi connectivity index (χ2v) is 6.19. The van der Waals surface area contributed by atoms with E-state index in [1.54, 1.807) is 0 Å². The van der Waals surface area contributed by atoms with Crippen LogP contribution in [0.2, 0.25) is 0 Å². The summed E-state index contributed by atoms with van der Waals surface area (Å²) >= 11 is 0. The molecule has 21 heavy (non-hydrogen) atoms. The van der Waals surface area contributed by atoms with Gasteiger partial charge in [-0.1, -0.05) is 39.0 Å². The van der Waals surface area contributed by atoms with Crippen LogP contribution in [0.3, 0.4) is 0 Å². The Kier molecular flexibility index (Phi) is 4.22. The lowest BCUT2D eigenvalue weighted by Crippen LogP contribution is -2.33. The average molecular weight is 283 g/mol. The molecule has 3 nitrogen and oxygen atoms in total. The molecule has 1 N–H and O–H groups in total. The highest BCUT2D eigenvalue weighted by atomic mass is 15.1. The summed E-state index contributed by atoms with van der Waals surface area (Å²) in [6.07, 6.45) is 1.07. The van der Waals surface area contributed by atoms with Crippen LogP contribution in [0.5, 0.6) is 0 Å². The SMILES string of the molecule is CCN1CCc2nc3ccccc3c(CNC(C)C)c2C1. The molecule has 0 radical (unpaired) electrons. The van der Waals surface area contributed by atoms with E-state index < -0.39 is 0 Å². The predicted molar refractivity (Wildman–Crippen MR) is 88.4 cm³/mol. The molecule has 0 aliphatic carbocycles. The van der Waals surface area contributed by atoms with Crippen molar-refractivity contribution in [3.05, 3.63) is 41.1 Å². The van der Waals surface area contributed by atoms with Gasteiger partial charge in [0, 0.05) is 43.2 Å². The summed E-state index contributed by atoms with van der Waals surface area (Å²) in [5.74, 6) is 0. The van der Waals surface area contributed by atoms with Crippen molar-refractivity contribution in [3.8, 4) is 0 Å². The van der Waals surface area contributed by atoms with Crippen molar-refractivity contribution in [1.82, 2.24) is 15.2 Å². The molecule has 0 saturated carbocycles. The van der Waals surface area contributed by atoms with Gasteiger partial charge in [-0.3, -0.25) is 9.88 Å². The minimum absolute atomic E-state index is 0.499. The van der Waals surface area contributed by atoms with Gasteiger partial charge in [0.25, 0.3) is 0 Å². The predicted octanol–water partition coefficient (Wildman–Crippen LogP) is 3.11. The number of hydrogen-bond donors (Lipinski definition) is 1. The van der Waals surface area contributed by atoms with E-state index in [4.69, 9.17) is 4.98 Å². The van der Waals surface area contributed by atoms with Gasteiger partial charge in [0.1, 0.15) is 0 Å². The Morgan fingerprint density at radius 1 is 1.29 bits per heavy atom. The smallest absolute Gasteiger partial charge is 0.0708 e. The van der Waals surface area contributed by atoms with Crippen molar-refractivity contribution in [2.75, 3.05) is 13.1 Å². The van der Waals surface area contributed by atoms with Crippen molar-refractivity contribution in [2.24, 2.45) is 0 Å². The second-order valence-electron chi connectivity index (χ2n) is 6.19. The van der Waals surface area contributed by atoms with E-state index in [1.165, 1.54) is 22.2 Å². The van der Waals surface area contributed by atoms with Crippen LogP contribution in [-0.4, -0.2) is 29.0 Å². The Morgan fingerprint density at radius 2 is 2.10 bits per heavy atom. The lowest BCUT2D eigenvalue weighted by molar-refractivity contribution is 0.265. The molecule has 0 unspecified atom stereocenters. The Morgan fingerprint density at radius 3 is 2.86 bits per heavy atom. The van der Waals surface area contributed by atoms with Gasteiger partial charge in [-0.15, -0.1) is 0 Å². The molecule has 2 heterocycles. The maximum Gasteiger partial charge on any atom is 0.0708 e. The molecule has 1 aromatic heterocycles. The number of aromatic nitrogens is 1. The molecule has 0 fully saturated rings. The molecule has 0 spiro atoms. The zero-order valence-corrected chi connectivity index (χ0v) is 13.3. The van der Waals surface area contributed by atoms with Gasteiger partial charge in [-0.2, -0.15) is 0 Å². The number of likely N-dealkylation sites (N-methyl/N-ethyl adjacent to an activating group) is 1. The van der Waals surface area contributed by atoms with Crippen LogP contribution in [0.4, 0.5) is 0 Å². The summed E-state index contributed by atoms with van der Waals surface area (Å²) in [6, 6.07) is 9.06. The third-order valence-electron chi connectivity index (χ3n) is 4.38. The summed E-state index contributed by atoms with van der Waals surface area (Å²) in [5, 5.41) is 4.90. The molecule has 112 valence electrons. The Labute approximate surface area is 127 Å². The van der Waals surface area contributed by atoms with Crippen LogP contribution < -0.4 is 5.32 Å². The molecule has 3 rings (SSSR count). The quantitative estimate of drug-likeness (QED) is 0.934. The standard InChI is InChI=1S/C18H25N3/c1-4-21-10-9-18-16(12-21)15(11-19-13(2)3)14-7-5-6-8-17(14)20-18/h5-8,13,19H,4,9-12H2,1-3H3. The molecule has 0 bridgehead atoms. The zero-order chi connectivity index (χ0) is 14.8. The fourth-order valence-electron chi connectivity index (χ4n) is 3.11. The number of para-hydroxylation sites is 1. The highest BCUT2D eigenvalue weighted by molar-refractivity contribution is 5.83. The van der Waals surface area contributed by atoms with E-state index >= 15 is 0 Å². The first-order valence-electron chi connectivity index (χ1n) is 8.04. The minimum Gasteiger partial charge on any atom is -0.310 e. The molecule has 1 aliphatic rings. The van der Waals surface area contributed by atoms with Crippen LogP contribution in [0.1, 0.15) is 37.6 Å². The Balaban J connectivity index is 2.10. The van der Waals surface area contributed by atoms with Crippen molar-refractivity contribution < 1.29 is 0 Å². The van der Waals surface area contributed by atoms with Crippen LogP contribution in [0, 0.1) is 0 Å². The largest absolute Gasteiger partial charge is 0.310 e. The molecular formula is C18H25N3. The Bertz CT molecular complexity index is 634. The molecular weight excluding hydrogens is 258 g/mol. The number of pyridine rings is 1. The van der Waals surface area contributed by atoms with Crippen molar-refractivity contribution in [1.29, 1.82) is 0 Å². The van der Waals surface area contributed by atoms with E-state index in [0.29, 0.717) is 6.04 Å². The lowest BCUT2D eigenvalue weighted by Gasteiger charge is -2.29. The molecule has 0 amide bonds. The number of hydrogen-bond acceptors (Lipinski definition) is 3. The maximum atomic E-state index is 4.92. The van der Waals surface area contributed by atoms with Crippen molar-refractivity contribution >= 4 is 10.9 Å². The zero-order valence-electron chi connectivity index (χ0n) is 13.3. The molecule has 2 aromatic rings. The second kappa shape index (κ2) is 6.12. The highest BCUT2D eigenvalue weighted by Crippen LogP contribution is 2.28. The fraction of sp³-hybridized carbons (Fsp3) is 0.500. The molecule has 0 atom stereocenters. The van der Waals surface area contributed by atoms with Gasteiger partial charge in [0.2, 0.25) is 0 Å². The molecule has 3 heteroatoms. The first-order valence-corrected chi connectivity index (χ1v) is 8.04. The number of rotatable bonds is 4. The van der Waals surface area contributed by atoms with E-state index in [0.717, 1.165) is 38.1 Å². The minimum atomic E-state index is 0.499. The average Bonchev–Trinajstić information content (AvgIpc) is 2.50. The topological polar surface area (TPSA) is 28.2 Å². The monoisotopic (exact) mass is 283 g/mol.